The molecule has 3 unspecified atom stereocenters. The Bertz CT molecular complexity index is 403. The second kappa shape index (κ2) is 6.07. The summed E-state index contributed by atoms with van der Waals surface area (Å²) in [5.41, 5.74) is 0. The molecule has 3 N–H and O–H groups in total. The van der Waals surface area contributed by atoms with E-state index in [-0.39, 0.29) is 30.0 Å². The molecule has 0 aromatic carbocycles. The number of hydrogen-bond acceptors (Lipinski definition) is 4. The molecule has 2 saturated heterocycles. The number of aliphatic hydroxyl groups excluding tert-OH is 1. The summed E-state index contributed by atoms with van der Waals surface area (Å²) < 4.78 is 0. The molecular weight excluding hydrogens is 296 g/mol. The van der Waals surface area contributed by atoms with Crippen molar-refractivity contribution in [3.05, 3.63) is 0 Å². The van der Waals surface area contributed by atoms with Crippen LogP contribution in [0.1, 0.15) is 39.5 Å². The second-order valence-corrected chi connectivity index (χ2v) is 8.07. The molecular formula is C13H22N2O3S2. The van der Waals surface area contributed by atoms with Gasteiger partial charge >= 0.3 is 5.97 Å². The lowest BCUT2D eigenvalue weighted by molar-refractivity contribution is -0.137. The molecule has 0 amide bonds. The van der Waals surface area contributed by atoms with E-state index in [1.54, 1.807) is 0 Å². The normalized spacial score (nSPS) is 31.2. The van der Waals surface area contributed by atoms with Gasteiger partial charge in [0.1, 0.15) is 0 Å². The van der Waals surface area contributed by atoms with Gasteiger partial charge in [-0.15, -0.1) is 11.8 Å². The van der Waals surface area contributed by atoms with E-state index in [2.05, 4.69) is 24.1 Å². The Morgan fingerprint density at radius 3 is 2.80 bits per heavy atom. The van der Waals surface area contributed by atoms with E-state index >= 15 is 0 Å². The van der Waals surface area contributed by atoms with Crippen LogP contribution in [-0.2, 0) is 4.79 Å². The van der Waals surface area contributed by atoms with Crippen LogP contribution in [0.5, 0.6) is 0 Å². The Morgan fingerprint density at radius 1 is 1.50 bits per heavy atom. The third-order valence-electron chi connectivity index (χ3n) is 3.96. The summed E-state index contributed by atoms with van der Waals surface area (Å²) in [4.78, 5) is 12.7. The third-order valence-corrected chi connectivity index (χ3v) is 5.87. The van der Waals surface area contributed by atoms with Crippen molar-refractivity contribution in [2.45, 2.75) is 61.7 Å². The van der Waals surface area contributed by atoms with Crippen LogP contribution in [0.4, 0.5) is 0 Å². The van der Waals surface area contributed by atoms with Crippen molar-refractivity contribution >= 4 is 35.1 Å². The summed E-state index contributed by atoms with van der Waals surface area (Å²) in [6.07, 6.45) is 2.80. The van der Waals surface area contributed by atoms with E-state index < -0.39 is 5.97 Å². The highest BCUT2D eigenvalue weighted by atomic mass is 32.2. The number of nitrogens with one attached hydrogen (secondary N) is 1. The molecule has 2 rings (SSSR count). The number of thioether (sulfide) groups is 1. The largest absolute Gasteiger partial charge is 0.481 e. The van der Waals surface area contributed by atoms with Crippen LogP contribution >= 0.6 is 24.0 Å². The fourth-order valence-electron chi connectivity index (χ4n) is 3.16. The van der Waals surface area contributed by atoms with Crippen molar-refractivity contribution in [2.75, 3.05) is 6.61 Å². The van der Waals surface area contributed by atoms with Gasteiger partial charge in [0.15, 0.2) is 5.11 Å². The van der Waals surface area contributed by atoms with Gasteiger partial charge in [0.2, 0.25) is 0 Å². The highest BCUT2D eigenvalue weighted by Gasteiger charge is 2.54. The molecule has 5 nitrogen and oxygen atoms in total. The first-order valence-electron chi connectivity index (χ1n) is 6.97. The average molecular weight is 318 g/mol. The van der Waals surface area contributed by atoms with Gasteiger partial charge in [-0.25, -0.2) is 0 Å². The maximum atomic E-state index is 10.5. The number of carboxylic acids is 1. The van der Waals surface area contributed by atoms with E-state index in [1.807, 2.05) is 11.8 Å². The van der Waals surface area contributed by atoms with Gasteiger partial charge in [0.25, 0.3) is 0 Å². The van der Waals surface area contributed by atoms with Gasteiger partial charge in [-0.3, -0.25) is 4.79 Å². The summed E-state index contributed by atoms with van der Waals surface area (Å²) in [7, 11) is 0. The SMILES string of the molecule is CC1(C)SC(CCCCC(=O)O)C2C(CO)NC(=S)N21. The fraction of sp³-hybridized carbons (Fsp3) is 0.846. The smallest absolute Gasteiger partial charge is 0.303 e. The van der Waals surface area contributed by atoms with E-state index in [1.165, 1.54) is 0 Å². The van der Waals surface area contributed by atoms with Gasteiger partial charge in [-0.1, -0.05) is 6.42 Å². The Kier molecular flexibility index (Phi) is 4.81. The zero-order valence-electron chi connectivity index (χ0n) is 11.8. The van der Waals surface area contributed by atoms with Crippen LogP contribution in [0.3, 0.4) is 0 Å². The Hall–Kier alpha value is -0.530. The van der Waals surface area contributed by atoms with E-state index in [0.29, 0.717) is 11.7 Å². The number of carboxylic acid groups (broad SMARTS) is 1. The summed E-state index contributed by atoms with van der Waals surface area (Å²) in [5.74, 6) is -0.733. The Balaban J connectivity index is 1.99. The number of rotatable bonds is 6. The van der Waals surface area contributed by atoms with Crippen LogP contribution < -0.4 is 5.32 Å². The molecule has 2 aliphatic rings. The Morgan fingerprint density at radius 2 is 2.20 bits per heavy atom. The summed E-state index contributed by atoms with van der Waals surface area (Å²) >= 11 is 7.27. The molecule has 0 aromatic rings. The standard InChI is InChI=1S/C13H22N2O3S2/c1-13(2)15-11(8(7-16)14-12(15)19)9(20-13)5-3-4-6-10(17)18/h8-9,11,16H,3-7H2,1-2H3,(H,14,19)(H,17,18). The molecule has 0 radical (unpaired) electrons. The average Bonchev–Trinajstić information content (AvgIpc) is 2.82. The van der Waals surface area contributed by atoms with Gasteiger partial charge in [0, 0.05) is 11.7 Å². The number of nitrogens with zero attached hydrogens (tertiary/aromatic N) is 1. The van der Waals surface area contributed by atoms with Crippen LogP contribution in [0.15, 0.2) is 0 Å². The van der Waals surface area contributed by atoms with Crippen molar-refractivity contribution in [3.8, 4) is 0 Å². The lowest BCUT2D eigenvalue weighted by Gasteiger charge is -2.30. The summed E-state index contributed by atoms with van der Waals surface area (Å²) in [6, 6.07) is 0.193. The van der Waals surface area contributed by atoms with Crippen molar-refractivity contribution in [1.29, 1.82) is 0 Å². The number of aliphatic hydroxyl groups is 1. The van der Waals surface area contributed by atoms with Gasteiger partial charge < -0.3 is 20.4 Å². The molecule has 3 atom stereocenters. The minimum Gasteiger partial charge on any atom is -0.481 e. The zero-order valence-corrected chi connectivity index (χ0v) is 13.5. The summed E-state index contributed by atoms with van der Waals surface area (Å²) in [5, 5.41) is 22.5. The highest BCUT2D eigenvalue weighted by molar-refractivity contribution is 8.01. The monoisotopic (exact) mass is 318 g/mol. The highest BCUT2D eigenvalue weighted by Crippen LogP contribution is 2.48. The van der Waals surface area contributed by atoms with Crippen LogP contribution in [0.25, 0.3) is 0 Å². The lowest BCUT2D eigenvalue weighted by Crippen LogP contribution is -2.44. The fourth-order valence-corrected chi connectivity index (χ4v) is 5.52. The molecule has 0 bridgehead atoms. The molecule has 0 aromatic heterocycles. The van der Waals surface area contributed by atoms with Crippen molar-refractivity contribution in [1.82, 2.24) is 10.2 Å². The topological polar surface area (TPSA) is 72.8 Å². The molecule has 2 aliphatic heterocycles. The van der Waals surface area contributed by atoms with Crippen LogP contribution in [-0.4, -0.2) is 55.0 Å². The van der Waals surface area contributed by atoms with Gasteiger partial charge in [-0.05, 0) is 38.9 Å². The van der Waals surface area contributed by atoms with Crippen molar-refractivity contribution in [3.63, 3.8) is 0 Å². The van der Waals surface area contributed by atoms with Gasteiger partial charge in [0.05, 0.1) is 23.6 Å². The molecule has 0 saturated carbocycles. The predicted octanol–water partition coefficient (Wildman–Crippen LogP) is 1.40. The van der Waals surface area contributed by atoms with E-state index in [0.717, 1.165) is 18.0 Å². The van der Waals surface area contributed by atoms with E-state index in [4.69, 9.17) is 17.3 Å². The maximum Gasteiger partial charge on any atom is 0.303 e. The Labute approximate surface area is 129 Å². The molecule has 0 spiro atoms. The van der Waals surface area contributed by atoms with Crippen LogP contribution in [0.2, 0.25) is 0 Å². The quantitative estimate of drug-likeness (QED) is 0.505. The first-order valence-corrected chi connectivity index (χ1v) is 8.26. The van der Waals surface area contributed by atoms with Crippen molar-refractivity contribution < 1.29 is 15.0 Å². The maximum absolute atomic E-state index is 10.5. The first kappa shape index (κ1) is 15.9. The minimum absolute atomic E-state index is 0.0127. The number of thiocarbonyl (C=S) groups is 1. The van der Waals surface area contributed by atoms with Crippen LogP contribution in [0, 0.1) is 0 Å². The molecule has 0 aliphatic carbocycles. The van der Waals surface area contributed by atoms with E-state index in [9.17, 15) is 9.90 Å². The molecule has 2 heterocycles. The molecule has 7 heteroatoms. The number of hydrogen-bond donors (Lipinski definition) is 3. The zero-order chi connectivity index (χ0) is 14.9. The molecule has 20 heavy (non-hydrogen) atoms. The number of carbonyl (C=O) groups is 1. The number of fused-ring (bicyclic) bond motifs is 1. The van der Waals surface area contributed by atoms with Crippen molar-refractivity contribution in [2.24, 2.45) is 0 Å². The van der Waals surface area contributed by atoms with Gasteiger partial charge in [-0.2, -0.15) is 0 Å². The number of unbranched alkanes of at least 4 members (excludes halogenated alkanes) is 1. The second-order valence-electron chi connectivity index (χ2n) is 5.84. The minimum atomic E-state index is -0.733. The first-order chi connectivity index (χ1) is 9.36. The molecule has 2 fully saturated rings. The predicted molar refractivity (Wildman–Crippen MR) is 83.8 cm³/mol. The lowest BCUT2D eigenvalue weighted by atomic mass is 10.00. The number of aliphatic carboxylic acids is 1. The summed E-state index contributed by atoms with van der Waals surface area (Å²) in [6.45, 7) is 4.37. The molecule has 114 valence electrons. The third kappa shape index (κ3) is 3.04.